The van der Waals surface area contributed by atoms with Gasteiger partial charge >= 0.3 is 0 Å². The first-order valence-electron chi connectivity index (χ1n) is 7.18. The maximum absolute atomic E-state index is 12.3. The molecule has 112 valence electrons. The van der Waals surface area contributed by atoms with Gasteiger partial charge in [-0.2, -0.15) is 0 Å². The van der Waals surface area contributed by atoms with Gasteiger partial charge in [0.2, 0.25) is 10.0 Å². The molecule has 0 amide bonds. The molecule has 1 aliphatic rings. The van der Waals surface area contributed by atoms with Crippen LogP contribution >= 0.6 is 0 Å². The zero-order chi connectivity index (χ0) is 14.8. The maximum Gasteiger partial charge on any atom is 0.240 e. The fourth-order valence-corrected chi connectivity index (χ4v) is 3.63. The van der Waals surface area contributed by atoms with Gasteiger partial charge in [-0.1, -0.05) is 19.9 Å². The quantitative estimate of drug-likeness (QED) is 0.811. The lowest BCUT2D eigenvalue weighted by molar-refractivity contribution is 0.280. The molecule has 0 atom stereocenters. The van der Waals surface area contributed by atoms with Crippen molar-refractivity contribution in [3.05, 3.63) is 29.3 Å². The fourth-order valence-electron chi connectivity index (χ4n) is 2.43. The summed E-state index contributed by atoms with van der Waals surface area (Å²) in [6.07, 6.45) is 3.99. The van der Waals surface area contributed by atoms with Gasteiger partial charge in [-0.25, -0.2) is 13.1 Å². The van der Waals surface area contributed by atoms with Crippen LogP contribution < -0.4 is 4.72 Å². The topological polar surface area (TPSA) is 66.4 Å². The lowest BCUT2D eigenvalue weighted by atomic mass is 10.1. The second-order valence-electron chi connectivity index (χ2n) is 5.62. The second kappa shape index (κ2) is 5.84. The number of nitrogens with one attached hydrogen (secondary N) is 1. The number of benzene rings is 1. The van der Waals surface area contributed by atoms with Crippen LogP contribution in [0.5, 0.6) is 0 Å². The Morgan fingerprint density at radius 1 is 1.25 bits per heavy atom. The van der Waals surface area contributed by atoms with E-state index in [4.69, 9.17) is 0 Å². The largest absolute Gasteiger partial charge is 0.392 e. The van der Waals surface area contributed by atoms with Crippen molar-refractivity contribution in [1.82, 2.24) is 4.72 Å². The third kappa shape index (κ3) is 3.22. The third-order valence-electron chi connectivity index (χ3n) is 4.38. The average Bonchev–Trinajstić information content (AvgIpc) is 3.25. The minimum Gasteiger partial charge on any atom is -0.392 e. The number of aliphatic hydroxyl groups is 1. The van der Waals surface area contributed by atoms with E-state index in [-0.39, 0.29) is 16.9 Å². The Hall–Kier alpha value is -0.910. The Bertz CT molecular complexity index is 577. The highest BCUT2D eigenvalue weighted by molar-refractivity contribution is 7.89. The number of aliphatic hydroxyl groups excluding tert-OH is 1. The van der Waals surface area contributed by atoms with E-state index in [9.17, 15) is 13.5 Å². The van der Waals surface area contributed by atoms with Gasteiger partial charge in [0.15, 0.2) is 0 Å². The molecule has 1 fully saturated rings. The first kappa shape index (κ1) is 15.5. The summed E-state index contributed by atoms with van der Waals surface area (Å²) in [4.78, 5) is 0.241. The molecule has 0 spiro atoms. The highest BCUT2D eigenvalue weighted by Crippen LogP contribution is 2.48. The van der Waals surface area contributed by atoms with Crippen molar-refractivity contribution in [2.75, 3.05) is 6.54 Å². The molecule has 0 heterocycles. The minimum absolute atomic E-state index is 0.134. The molecule has 0 unspecified atom stereocenters. The molecule has 0 aliphatic heterocycles. The van der Waals surface area contributed by atoms with E-state index in [0.29, 0.717) is 12.1 Å². The van der Waals surface area contributed by atoms with Crippen LogP contribution in [0.1, 0.15) is 44.2 Å². The second-order valence-corrected chi connectivity index (χ2v) is 7.39. The molecular formula is C15H23NO3S. The standard InChI is InChI=1S/C15H23NO3S/c1-3-12-5-6-14(9-13(12)10-17)20(18,19)16-11-15(4-2)7-8-15/h5-6,9,16-17H,3-4,7-8,10-11H2,1-2H3. The predicted octanol–water partition coefficient (Wildman–Crippen LogP) is 2.21. The van der Waals surface area contributed by atoms with Crippen LogP contribution in [0.25, 0.3) is 0 Å². The molecule has 20 heavy (non-hydrogen) atoms. The number of hydrogen-bond acceptors (Lipinski definition) is 3. The molecular weight excluding hydrogens is 274 g/mol. The number of hydrogen-bond donors (Lipinski definition) is 2. The van der Waals surface area contributed by atoms with E-state index in [1.165, 1.54) is 0 Å². The number of rotatable bonds is 7. The van der Waals surface area contributed by atoms with E-state index in [1.54, 1.807) is 18.2 Å². The minimum atomic E-state index is -3.48. The molecule has 1 aliphatic carbocycles. The SMILES string of the molecule is CCc1ccc(S(=O)(=O)NCC2(CC)CC2)cc1CO. The van der Waals surface area contributed by atoms with Crippen molar-refractivity contribution >= 4 is 10.0 Å². The molecule has 0 bridgehead atoms. The molecule has 5 heteroatoms. The number of aryl methyl sites for hydroxylation is 1. The smallest absolute Gasteiger partial charge is 0.240 e. The summed E-state index contributed by atoms with van der Waals surface area (Å²) in [7, 11) is -3.48. The Kier molecular flexibility index (Phi) is 4.52. The lowest BCUT2D eigenvalue weighted by Crippen LogP contribution is -2.30. The van der Waals surface area contributed by atoms with Crippen LogP contribution in [0, 0.1) is 5.41 Å². The van der Waals surface area contributed by atoms with E-state index in [1.807, 2.05) is 6.92 Å². The zero-order valence-corrected chi connectivity index (χ0v) is 13.0. The zero-order valence-electron chi connectivity index (χ0n) is 12.1. The van der Waals surface area contributed by atoms with Gasteiger partial charge in [-0.15, -0.1) is 0 Å². The van der Waals surface area contributed by atoms with Crippen LogP contribution in [0.2, 0.25) is 0 Å². The number of sulfonamides is 1. The fraction of sp³-hybridized carbons (Fsp3) is 0.600. The summed E-state index contributed by atoms with van der Waals surface area (Å²) in [5.41, 5.74) is 1.85. The van der Waals surface area contributed by atoms with Crippen LogP contribution in [0.3, 0.4) is 0 Å². The van der Waals surface area contributed by atoms with Gasteiger partial charge in [-0.05, 0) is 54.4 Å². The van der Waals surface area contributed by atoms with Crippen molar-refractivity contribution in [2.45, 2.75) is 51.0 Å². The van der Waals surface area contributed by atoms with Crippen molar-refractivity contribution in [1.29, 1.82) is 0 Å². The van der Waals surface area contributed by atoms with E-state index in [2.05, 4.69) is 11.6 Å². The van der Waals surface area contributed by atoms with Gasteiger partial charge in [0.05, 0.1) is 11.5 Å². The molecule has 2 rings (SSSR count). The molecule has 0 saturated heterocycles. The van der Waals surface area contributed by atoms with Gasteiger partial charge in [0, 0.05) is 6.54 Å². The summed E-state index contributed by atoms with van der Waals surface area (Å²) < 4.78 is 27.3. The highest BCUT2D eigenvalue weighted by atomic mass is 32.2. The highest BCUT2D eigenvalue weighted by Gasteiger charge is 2.41. The van der Waals surface area contributed by atoms with E-state index >= 15 is 0 Å². The lowest BCUT2D eigenvalue weighted by Gasteiger charge is -2.15. The molecule has 1 saturated carbocycles. The summed E-state index contributed by atoms with van der Waals surface area (Å²) in [6.45, 7) is 4.46. The van der Waals surface area contributed by atoms with Crippen molar-refractivity contribution in [3.63, 3.8) is 0 Å². The Labute approximate surface area is 121 Å². The van der Waals surface area contributed by atoms with E-state index < -0.39 is 10.0 Å². The first-order valence-corrected chi connectivity index (χ1v) is 8.67. The molecule has 4 nitrogen and oxygen atoms in total. The predicted molar refractivity (Wildman–Crippen MR) is 78.9 cm³/mol. The Morgan fingerprint density at radius 2 is 1.95 bits per heavy atom. The van der Waals surface area contributed by atoms with Crippen LogP contribution in [-0.2, 0) is 23.1 Å². The normalized spacial score (nSPS) is 17.1. The van der Waals surface area contributed by atoms with Crippen LogP contribution in [0.15, 0.2) is 23.1 Å². The van der Waals surface area contributed by atoms with Crippen LogP contribution in [0.4, 0.5) is 0 Å². The van der Waals surface area contributed by atoms with Crippen molar-refractivity contribution < 1.29 is 13.5 Å². The Morgan fingerprint density at radius 3 is 2.45 bits per heavy atom. The molecule has 0 radical (unpaired) electrons. The van der Waals surface area contributed by atoms with Crippen molar-refractivity contribution in [3.8, 4) is 0 Å². The van der Waals surface area contributed by atoms with E-state index in [0.717, 1.165) is 31.2 Å². The maximum atomic E-state index is 12.3. The third-order valence-corrected chi connectivity index (χ3v) is 5.78. The van der Waals surface area contributed by atoms with Crippen LogP contribution in [-0.4, -0.2) is 20.1 Å². The van der Waals surface area contributed by atoms with Gasteiger partial charge in [0.1, 0.15) is 0 Å². The summed E-state index contributed by atoms with van der Waals surface area (Å²) in [5, 5.41) is 9.33. The molecule has 1 aromatic rings. The summed E-state index contributed by atoms with van der Waals surface area (Å²) >= 11 is 0. The van der Waals surface area contributed by atoms with Crippen molar-refractivity contribution in [2.24, 2.45) is 5.41 Å². The monoisotopic (exact) mass is 297 g/mol. The van der Waals surface area contributed by atoms with Gasteiger partial charge in [-0.3, -0.25) is 0 Å². The molecule has 2 N–H and O–H groups in total. The molecule has 1 aromatic carbocycles. The first-order chi connectivity index (χ1) is 9.46. The Balaban J connectivity index is 2.16. The van der Waals surface area contributed by atoms with Gasteiger partial charge < -0.3 is 5.11 Å². The van der Waals surface area contributed by atoms with Gasteiger partial charge in [0.25, 0.3) is 0 Å². The summed E-state index contributed by atoms with van der Waals surface area (Å²) in [6, 6.07) is 4.98. The summed E-state index contributed by atoms with van der Waals surface area (Å²) in [5.74, 6) is 0. The average molecular weight is 297 g/mol. The molecule has 0 aromatic heterocycles.